The third-order valence-electron chi connectivity index (χ3n) is 2.17. The molecule has 0 aromatic rings. The quantitative estimate of drug-likeness (QED) is 0.350. The first-order chi connectivity index (χ1) is 5.77. The lowest BCUT2D eigenvalue weighted by Crippen LogP contribution is -2.39. The second kappa shape index (κ2) is 4.10. The molecule has 6 heteroatoms. The molecule has 2 N–H and O–H groups in total. The highest BCUT2D eigenvalue weighted by Gasteiger charge is 2.22. The highest BCUT2D eigenvalue weighted by atomic mass is 16.6. The lowest BCUT2D eigenvalue weighted by molar-refractivity contribution is -0.711. The SMILES string of the molecule is [O-]/[N+](=N/O)N1CCC(CO)CC1. The molecule has 0 bridgehead atoms. The normalized spacial score (nSPS) is 21.4. The number of hydrogen-bond donors (Lipinski definition) is 2. The van der Waals surface area contributed by atoms with Crippen molar-refractivity contribution in [3.8, 4) is 0 Å². The van der Waals surface area contributed by atoms with Crippen molar-refractivity contribution in [1.29, 1.82) is 0 Å². The Labute approximate surface area is 70.2 Å². The fraction of sp³-hybridized carbons (Fsp3) is 1.00. The average Bonchev–Trinajstić information content (AvgIpc) is 2.17. The Balaban J connectivity index is 2.36. The van der Waals surface area contributed by atoms with Crippen LogP contribution in [0, 0.1) is 11.1 Å². The minimum atomic E-state index is 0.170. The van der Waals surface area contributed by atoms with Gasteiger partial charge in [0.1, 0.15) is 0 Å². The molecule has 12 heavy (non-hydrogen) atoms. The van der Waals surface area contributed by atoms with Crippen molar-refractivity contribution in [2.75, 3.05) is 19.7 Å². The highest BCUT2D eigenvalue weighted by molar-refractivity contribution is 4.66. The van der Waals surface area contributed by atoms with Gasteiger partial charge in [0.25, 0.3) is 0 Å². The van der Waals surface area contributed by atoms with E-state index in [1.54, 1.807) is 0 Å². The predicted molar refractivity (Wildman–Crippen MR) is 39.2 cm³/mol. The molecule has 0 atom stereocenters. The van der Waals surface area contributed by atoms with Crippen LogP contribution in [0.15, 0.2) is 5.28 Å². The monoisotopic (exact) mass is 175 g/mol. The first-order valence-corrected chi connectivity index (χ1v) is 3.96. The Morgan fingerprint density at radius 3 is 2.50 bits per heavy atom. The molecule has 0 amide bonds. The molecule has 0 aromatic carbocycles. The Morgan fingerprint density at radius 2 is 2.08 bits per heavy atom. The van der Waals surface area contributed by atoms with Gasteiger partial charge in [-0.15, -0.1) is 5.01 Å². The first kappa shape index (κ1) is 9.05. The Bertz CT molecular complexity index is 165. The minimum absolute atomic E-state index is 0.170. The van der Waals surface area contributed by atoms with Gasteiger partial charge in [0.15, 0.2) is 0 Å². The molecule has 0 aromatic heterocycles. The number of aliphatic hydroxyl groups is 1. The van der Waals surface area contributed by atoms with Crippen LogP contribution in [0.5, 0.6) is 0 Å². The molecule has 1 heterocycles. The summed E-state index contributed by atoms with van der Waals surface area (Å²) in [6, 6.07) is 0. The molecule has 1 aliphatic heterocycles. The molecule has 0 aliphatic carbocycles. The van der Waals surface area contributed by atoms with Crippen LogP contribution < -0.4 is 0 Å². The molecule has 0 spiro atoms. The van der Waals surface area contributed by atoms with Gasteiger partial charge in [-0.2, -0.15) is 0 Å². The summed E-state index contributed by atoms with van der Waals surface area (Å²) < 4.78 is 0. The summed E-state index contributed by atoms with van der Waals surface area (Å²) in [5.74, 6) is 0.286. The Hall–Kier alpha value is -1.04. The molecule has 1 fully saturated rings. The van der Waals surface area contributed by atoms with Crippen LogP contribution in [0.2, 0.25) is 0 Å². The molecule has 1 rings (SSSR count). The molecule has 1 aliphatic rings. The Morgan fingerprint density at radius 1 is 1.50 bits per heavy atom. The fourth-order valence-electron chi connectivity index (χ4n) is 1.33. The highest BCUT2D eigenvalue weighted by Crippen LogP contribution is 2.15. The summed E-state index contributed by atoms with van der Waals surface area (Å²) in [5, 5.41) is 31.6. The maximum absolute atomic E-state index is 10.7. The molecular weight excluding hydrogens is 162 g/mol. The van der Waals surface area contributed by atoms with Crippen molar-refractivity contribution in [2.24, 2.45) is 11.2 Å². The molecule has 0 radical (unpaired) electrons. The summed E-state index contributed by atoms with van der Waals surface area (Å²) in [4.78, 5) is 0.188. The summed E-state index contributed by atoms with van der Waals surface area (Å²) in [5.41, 5.74) is 0. The van der Waals surface area contributed by atoms with Gasteiger partial charge in [-0.3, -0.25) is 0 Å². The van der Waals surface area contributed by atoms with Crippen molar-refractivity contribution >= 4 is 0 Å². The van der Waals surface area contributed by atoms with Gasteiger partial charge in [-0.1, -0.05) is 0 Å². The van der Waals surface area contributed by atoms with Crippen LogP contribution in [0.3, 0.4) is 0 Å². The van der Waals surface area contributed by atoms with Gasteiger partial charge in [-0.05, 0) is 18.8 Å². The number of nitrogens with zero attached hydrogens (tertiary/aromatic N) is 3. The lowest BCUT2D eigenvalue weighted by atomic mass is 9.99. The second-order valence-electron chi connectivity index (χ2n) is 2.92. The first-order valence-electron chi connectivity index (χ1n) is 3.96. The summed E-state index contributed by atoms with van der Waals surface area (Å²) >= 11 is 0. The smallest absolute Gasteiger partial charge is 0.230 e. The zero-order chi connectivity index (χ0) is 8.97. The van der Waals surface area contributed by atoms with Crippen molar-refractivity contribution in [3.05, 3.63) is 5.21 Å². The Kier molecular flexibility index (Phi) is 3.09. The zero-order valence-corrected chi connectivity index (χ0v) is 6.76. The summed E-state index contributed by atoms with van der Waals surface area (Å²) in [6.45, 7) is 1.25. The van der Waals surface area contributed by atoms with E-state index in [1.165, 1.54) is 5.01 Å². The number of piperidine rings is 1. The van der Waals surface area contributed by atoms with Crippen molar-refractivity contribution in [2.45, 2.75) is 12.8 Å². The van der Waals surface area contributed by atoms with Gasteiger partial charge in [0.05, 0.1) is 18.1 Å². The van der Waals surface area contributed by atoms with Crippen molar-refractivity contribution in [1.82, 2.24) is 5.01 Å². The van der Waals surface area contributed by atoms with Crippen LogP contribution in [0.25, 0.3) is 0 Å². The third-order valence-corrected chi connectivity index (χ3v) is 2.17. The van der Waals surface area contributed by atoms with Crippen LogP contribution in [0.4, 0.5) is 0 Å². The molecule has 1 saturated heterocycles. The fourth-order valence-corrected chi connectivity index (χ4v) is 1.33. The average molecular weight is 175 g/mol. The molecule has 70 valence electrons. The minimum Gasteiger partial charge on any atom is -0.569 e. The molecule has 6 nitrogen and oxygen atoms in total. The van der Waals surface area contributed by atoms with E-state index < -0.39 is 0 Å². The van der Waals surface area contributed by atoms with Gasteiger partial charge in [-0.25, -0.2) is 0 Å². The topological polar surface area (TPSA) is 82.1 Å². The zero-order valence-electron chi connectivity index (χ0n) is 6.76. The van der Waals surface area contributed by atoms with E-state index in [9.17, 15) is 5.21 Å². The predicted octanol–water partition coefficient (Wildman–Crippen LogP) is -0.0426. The van der Waals surface area contributed by atoms with E-state index in [2.05, 4.69) is 5.28 Å². The standard InChI is InChI=1S/C6H13N3O3/c10-5-6-1-3-8(4-2-6)9(12)7-11/h6,10-11H,1-5H2/b9-7+. The lowest BCUT2D eigenvalue weighted by Gasteiger charge is -2.26. The van der Waals surface area contributed by atoms with Gasteiger partial charge < -0.3 is 15.5 Å². The van der Waals surface area contributed by atoms with E-state index >= 15 is 0 Å². The van der Waals surface area contributed by atoms with E-state index in [0.717, 1.165) is 12.8 Å². The molecular formula is C6H13N3O3. The number of hydrazine groups is 1. The maximum atomic E-state index is 10.7. The van der Waals surface area contributed by atoms with Crippen molar-refractivity contribution in [3.63, 3.8) is 0 Å². The van der Waals surface area contributed by atoms with Crippen LogP contribution >= 0.6 is 0 Å². The van der Waals surface area contributed by atoms with E-state index in [1.807, 2.05) is 0 Å². The van der Waals surface area contributed by atoms with Crippen molar-refractivity contribution < 1.29 is 15.3 Å². The number of rotatable bonds is 2. The van der Waals surface area contributed by atoms with Gasteiger partial charge in [0.2, 0.25) is 5.28 Å². The van der Waals surface area contributed by atoms with Gasteiger partial charge in [0, 0.05) is 6.61 Å². The molecule has 0 unspecified atom stereocenters. The van der Waals surface area contributed by atoms with Crippen LogP contribution in [0.1, 0.15) is 12.8 Å². The van der Waals surface area contributed by atoms with Crippen LogP contribution in [-0.4, -0.2) is 40.0 Å². The molecule has 0 saturated carbocycles. The van der Waals surface area contributed by atoms with Gasteiger partial charge >= 0.3 is 0 Å². The maximum Gasteiger partial charge on any atom is 0.230 e. The number of aliphatic hydroxyl groups excluding tert-OH is 1. The van der Waals surface area contributed by atoms with E-state index in [-0.39, 0.29) is 17.5 Å². The largest absolute Gasteiger partial charge is 0.569 e. The van der Waals surface area contributed by atoms with E-state index in [4.69, 9.17) is 10.3 Å². The third kappa shape index (κ3) is 1.97. The van der Waals surface area contributed by atoms with Crippen LogP contribution in [-0.2, 0) is 0 Å². The summed E-state index contributed by atoms with van der Waals surface area (Å²) in [7, 11) is 0. The van der Waals surface area contributed by atoms with E-state index in [0.29, 0.717) is 13.1 Å². The number of hydrogen-bond acceptors (Lipinski definition) is 3. The summed E-state index contributed by atoms with van der Waals surface area (Å²) in [6.07, 6.45) is 1.54. The second-order valence-corrected chi connectivity index (χ2v) is 2.92.